The molecule has 0 saturated carbocycles. The second kappa shape index (κ2) is 9.16. The number of carbonyl (C=O) groups excluding carboxylic acids is 2. The van der Waals surface area contributed by atoms with Crippen LogP contribution in [0.2, 0.25) is 0 Å². The van der Waals surface area contributed by atoms with Crippen LogP contribution in [0, 0.1) is 17.7 Å². The van der Waals surface area contributed by atoms with Gasteiger partial charge in [0, 0.05) is 10.8 Å². The van der Waals surface area contributed by atoms with Crippen molar-refractivity contribution < 1.29 is 23.5 Å². The van der Waals surface area contributed by atoms with Crippen LogP contribution in [0.4, 0.5) is 10.1 Å². The van der Waals surface area contributed by atoms with E-state index in [0.717, 1.165) is 21.8 Å². The van der Waals surface area contributed by atoms with E-state index in [1.165, 1.54) is 36.0 Å². The maximum absolute atomic E-state index is 13.7. The van der Waals surface area contributed by atoms with E-state index < -0.39 is 22.9 Å². The summed E-state index contributed by atoms with van der Waals surface area (Å²) in [4.78, 5) is 43.8. The van der Waals surface area contributed by atoms with Gasteiger partial charge in [-0.2, -0.15) is 0 Å². The quantitative estimate of drug-likeness (QED) is 0.490. The highest BCUT2D eigenvalue weighted by Gasteiger charge is 2.56. The summed E-state index contributed by atoms with van der Waals surface area (Å²) in [6, 6.07) is 10.7. The van der Waals surface area contributed by atoms with Gasteiger partial charge in [0.15, 0.2) is 11.5 Å². The number of nitrogens with one attached hydrogen (secondary N) is 1. The van der Waals surface area contributed by atoms with Gasteiger partial charge in [-0.3, -0.25) is 14.4 Å². The number of anilines is 1. The Hall–Kier alpha value is -3.11. The number of halogens is 1. The Morgan fingerprint density at radius 3 is 2.49 bits per heavy atom. The summed E-state index contributed by atoms with van der Waals surface area (Å²) < 4.78 is 24.9. The van der Waals surface area contributed by atoms with E-state index in [2.05, 4.69) is 4.98 Å². The first-order valence-electron chi connectivity index (χ1n) is 11.1. The number of fused-ring (bicyclic) bond motifs is 2. The Morgan fingerprint density at radius 2 is 1.80 bits per heavy atom. The molecule has 0 radical (unpaired) electrons. The molecule has 2 unspecified atom stereocenters. The monoisotopic (exact) mass is 514 g/mol. The van der Waals surface area contributed by atoms with Gasteiger partial charge in [0.2, 0.25) is 11.8 Å². The highest BCUT2D eigenvalue weighted by molar-refractivity contribution is 8.00. The van der Waals surface area contributed by atoms with E-state index in [9.17, 15) is 18.8 Å². The maximum atomic E-state index is 13.7. The smallest absolute Gasteiger partial charge is 0.305 e. The molecule has 3 aromatic rings. The van der Waals surface area contributed by atoms with E-state index in [-0.39, 0.29) is 16.7 Å². The van der Waals surface area contributed by atoms with E-state index >= 15 is 0 Å². The minimum Gasteiger partial charge on any atom is -0.493 e. The number of amides is 2. The van der Waals surface area contributed by atoms with Crippen molar-refractivity contribution in [2.75, 3.05) is 18.6 Å². The number of methoxy groups -OCH3 is 1. The summed E-state index contributed by atoms with van der Waals surface area (Å²) in [6.07, 6.45) is 0. The number of imide groups is 1. The second-order valence-corrected chi connectivity index (χ2v) is 11.0. The van der Waals surface area contributed by atoms with Crippen LogP contribution in [0.25, 0.3) is 0 Å². The zero-order chi connectivity index (χ0) is 24.9. The molecule has 0 aliphatic carbocycles. The number of ether oxygens (including phenoxy) is 2. The number of thiazole rings is 1. The summed E-state index contributed by atoms with van der Waals surface area (Å²) in [7, 11) is 1.54. The fraction of sp³-hybridized carbons (Fsp3) is 0.320. The molecule has 182 valence electrons. The van der Waals surface area contributed by atoms with E-state index in [1.807, 2.05) is 19.9 Å². The molecule has 1 saturated heterocycles. The van der Waals surface area contributed by atoms with Crippen molar-refractivity contribution in [2.45, 2.75) is 30.0 Å². The number of benzene rings is 2. The second-order valence-electron chi connectivity index (χ2n) is 8.85. The molecule has 1 fully saturated rings. The lowest BCUT2D eigenvalue weighted by Crippen LogP contribution is -2.32. The van der Waals surface area contributed by atoms with Crippen molar-refractivity contribution in [1.29, 1.82) is 0 Å². The van der Waals surface area contributed by atoms with Crippen LogP contribution in [0.1, 0.15) is 30.2 Å². The van der Waals surface area contributed by atoms with Crippen molar-refractivity contribution in [1.82, 2.24) is 4.98 Å². The molecular formula is C25H23FN2O5S2. The van der Waals surface area contributed by atoms with Gasteiger partial charge in [0.05, 0.1) is 30.3 Å². The first-order valence-corrected chi connectivity index (χ1v) is 12.8. The molecule has 1 N–H and O–H groups in total. The third kappa shape index (κ3) is 4.14. The van der Waals surface area contributed by atoms with Gasteiger partial charge in [-0.05, 0) is 47.9 Å². The average molecular weight is 515 g/mol. The largest absolute Gasteiger partial charge is 0.493 e. The van der Waals surface area contributed by atoms with Crippen molar-refractivity contribution in [3.63, 3.8) is 0 Å². The third-order valence-electron chi connectivity index (χ3n) is 6.03. The lowest BCUT2D eigenvalue weighted by molar-refractivity contribution is -0.122. The van der Waals surface area contributed by atoms with Crippen LogP contribution in [0.15, 0.2) is 52.3 Å². The summed E-state index contributed by atoms with van der Waals surface area (Å²) in [5, 5.41) is -0.134. The number of thioether (sulfide) groups is 1. The number of nitrogens with zero attached hydrogens (tertiary/aromatic N) is 1. The van der Waals surface area contributed by atoms with Crippen molar-refractivity contribution in [3.05, 3.63) is 68.4 Å². The number of aromatic nitrogens is 1. The zero-order valence-electron chi connectivity index (χ0n) is 19.2. The summed E-state index contributed by atoms with van der Waals surface area (Å²) in [5.41, 5.74) is 1.06. The molecule has 3 atom stereocenters. The Bertz CT molecular complexity index is 1350. The Morgan fingerprint density at radius 1 is 1.06 bits per heavy atom. The molecule has 2 aliphatic heterocycles. The molecule has 35 heavy (non-hydrogen) atoms. The fourth-order valence-electron chi connectivity index (χ4n) is 4.47. The number of H-pyrrole nitrogens is 1. The molecule has 0 bridgehead atoms. The molecule has 5 rings (SSSR count). The number of hydrogen-bond acceptors (Lipinski definition) is 7. The molecule has 1 aromatic heterocycles. The minimum absolute atomic E-state index is 0.244. The van der Waals surface area contributed by atoms with Gasteiger partial charge in [-0.1, -0.05) is 43.0 Å². The molecule has 2 amide bonds. The average Bonchev–Trinajstić information content (AvgIpc) is 3.32. The summed E-state index contributed by atoms with van der Waals surface area (Å²) in [6.45, 7) is 4.61. The van der Waals surface area contributed by atoms with Crippen LogP contribution >= 0.6 is 23.1 Å². The normalized spacial score (nSPS) is 21.3. The van der Waals surface area contributed by atoms with Gasteiger partial charge in [-0.25, -0.2) is 9.29 Å². The van der Waals surface area contributed by atoms with Crippen LogP contribution in [-0.4, -0.2) is 35.8 Å². The number of aromatic amines is 1. The summed E-state index contributed by atoms with van der Waals surface area (Å²) >= 11 is 2.24. The van der Waals surface area contributed by atoms with Crippen molar-refractivity contribution in [3.8, 4) is 11.5 Å². The van der Waals surface area contributed by atoms with Gasteiger partial charge < -0.3 is 14.5 Å². The molecule has 7 nitrogen and oxygen atoms in total. The minimum atomic E-state index is -0.733. The van der Waals surface area contributed by atoms with E-state index in [1.54, 1.807) is 19.2 Å². The number of rotatable bonds is 6. The van der Waals surface area contributed by atoms with Crippen LogP contribution < -0.4 is 19.2 Å². The lowest BCUT2D eigenvalue weighted by atomic mass is 9.83. The first kappa shape index (κ1) is 23.6. The zero-order valence-corrected chi connectivity index (χ0v) is 20.9. The predicted molar refractivity (Wildman–Crippen MR) is 132 cm³/mol. The van der Waals surface area contributed by atoms with Crippen molar-refractivity contribution in [2.24, 2.45) is 11.8 Å². The van der Waals surface area contributed by atoms with Gasteiger partial charge >= 0.3 is 4.87 Å². The number of carbonyl (C=O) groups is 2. The van der Waals surface area contributed by atoms with E-state index in [0.29, 0.717) is 39.6 Å². The first-order chi connectivity index (χ1) is 16.8. The number of hydrogen-bond donors (Lipinski definition) is 1. The molecule has 2 aliphatic rings. The maximum Gasteiger partial charge on any atom is 0.305 e. The Kier molecular flexibility index (Phi) is 6.18. The molecule has 2 aromatic carbocycles. The van der Waals surface area contributed by atoms with Crippen molar-refractivity contribution >= 4 is 40.6 Å². The molecule has 0 spiro atoms. The molecular weight excluding hydrogens is 491 g/mol. The standard InChI is InChI=1S/C25H23FN2O5S2/c1-12(2)11-33-16-9-4-13(10-17(16)32-3)18-19-21(34-22-20(18)35-25(31)27-22)24(30)28(23(19)29)15-7-5-14(26)6-8-15/h4-10,12,18-19,21H,11H2,1-3H3,(H,27,31)/t18-,19?,21?/m1/s1. The summed E-state index contributed by atoms with van der Waals surface area (Å²) in [5.74, 6) is -1.07. The van der Waals surface area contributed by atoms with Crippen LogP contribution in [-0.2, 0) is 9.59 Å². The highest BCUT2D eigenvalue weighted by Crippen LogP contribution is 2.53. The van der Waals surface area contributed by atoms with Crippen LogP contribution in [0.3, 0.4) is 0 Å². The molecule has 10 heteroatoms. The third-order valence-corrected chi connectivity index (χ3v) is 8.43. The predicted octanol–water partition coefficient (Wildman–Crippen LogP) is 4.41. The highest BCUT2D eigenvalue weighted by atomic mass is 32.2. The SMILES string of the molecule is COc1cc([C@H]2c3sc(=O)[nH]c3SC3C(=O)N(c4ccc(F)cc4)C(=O)C32)ccc1OCC(C)C. The fourth-order valence-corrected chi connectivity index (χ4v) is 6.99. The van der Waals surface area contributed by atoms with Gasteiger partial charge in [-0.15, -0.1) is 0 Å². The van der Waals surface area contributed by atoms with Crippen LogP contribution in [0.5, 0.6) is 11.5 Å². The Balaban J connectivity index is 1.59. The Labute approximate surface area is 209 Å². The van der Waals surface area contributed by atoms with Gasteiger partial charge in [0.25, 0.3) is 0 Å². The van der Waals surface area contributed by atoms with Gasteiger partial charge in [0.1, 0.15) is 11.1 Å². The van der Waals surface area contributed by atoms with E-state index in [4.69, 9.17) is 9.47 Å². The molecule has 3 heterocycles. The lowest BCUT2D eigenvalue weighted by Gasteiger charge is -2.30. The topological polar surface area (TPSA) is 88.7 Å².